The van der Waals surface area contributed by atoms with Crippen molar-refractivity contribution in [2.45, 2.75) is 36.8 Å². The molecule has 1 atom stereocenters. The van der Waals surface area contributed by atoms with Gasteiger partial charge in [-0.3, -0.25) is 9.59 Å². The van der Waals surface area contributed by atoms with Gasteiger partial charge in [0.15, 0.2) is 5.03 Å². The molecule has 10 nitrogen and oxygen atoms in total. The minimum absolute atomic E-state index is 0.0953. The van der Waals surface area contributed by atoms with Gasteiger partial charge in [0.05, 0.1) is 17.9 Å². The van der Waals surface area contributed by atoms with Gasteiger partial charge in [-0.25, -0.2) is 22.2 Å². The molecule has 1 fully saturated rings. The van der Waals surface area contributed by atoms with E-state index < -0.39 is 39.4 Å². The summed E-state index contributed by atoms with van der Waals surface area (Å²) in [5.41, 5.74) is 2.16. The average molecular weight is 588 g/mol. The molecule has 1 unspecified atom stereocenters. The third kappa shape index (κ3) is 7.04. The molecule has 0 spiro atoms. The van der Waals surface area contributed by atoms with Crippen molar-refractivity contribution in [2.75, 3.05) is 32.1 Å². The van der Waals surface area contributed by atoms with E-state index in [4.69, 9.17) is 0 Å². The molecule has 1 aliphatic heterocycles. The topological polar surface area (TPSA) is 141 Å². The van der Waals surface area contributed by atoms with E-state index in [1.54, 1.807) is 24.0 Å². The van der Waals surface area contributed by atoms with E-state index in [9.17, 15) is 31.9 Å². The van der Waals surface area contributed by atoms with Gasteiger partial charge in [0.25, 0.3) is 15.9 Å². The quantitative estimate of drug-likeness (QED) is 0.302. The first-order valence-corrected chi connectivity index (χ1v) is 14.4. The number of rotatable bonds is 9. The fraction of sp³-hybridized carbons (Fsp3) is 0.321. The van der Waals surface area contributed by atoms with E-state index in [1.165, 1.54) is 37.4 Å². The molecule has 0 aliphatic carbocycles. The number of aliphatic hydroxyl groups excluding tert-OH is 1. The van der Waals surface area contributed by atoms with Crippen LogP contribution in [0, 0.1) is 18.6 Å². The Labute approximate surface area is 236 Å². The van der Waals surface area contributed by atoms with Crippen molar-refractivity contribution in [3.63, 3.8) is 0 Å². The summed E-state index contributed by atoms with van der Waals surface area (Å²) in [7, 11) is -3.10. The molecule has 218 valence electrons. The Morgan fingerprint density at radius 3 is 2.32 bits per heavy atom. The zero-order valence-corrected chi connectivity index (χ0v) is 23.3. The second-order valence-corrected chi connectivity index (χ2v) is 11.4. The number of hydrogen-bond acceptors (Lipinski definition) is 7. The van der Waals surface area contributed by atoms with Gasteiger partial charge in [0.1, 0.15) is 17.7 Å². The third-order valence-electron chi connectivity index (χ3n) is 7.01. The highest BCUT2D eigenvalue weighted by molar-refractivity contribution is 7.89. The van der Waals surface area contributed by atoms with Crippen LogP contribution in [0.2, 0.25) is 0 Å². The molecule has 1 saturated heterocycles. The zero-order chi connectivity index (χ0) is 29.7. The summed E-state index contributed by atoms with van der Waals surface area (Å²) in [6, 6.07) is 10.00. The number of hydrogen-bond donors (Lipinski definition) is 4. The van der Waals surface area contributed by atoms with Gasteiger partial charge in [-0.1, -0.05) is 12.1 Å². The molecule has 1 aromatic heterocycles. The predicted molar refractivity (Wildman–Crippen MR) is 148 cm³/mol. The van der Waals surface area contributed by atoms with Crippen LogP contribution < -0.4 is 15.4 Å². The molecule has 2 amide bonds. The van der Waals surface area contributed by atoms with Gasteiger partial charge in [-0.05, 0) is 67.1 Å². The lowest BCUT2D eigenvalue weighted by molar-refractivity contribution is -0.123. The number of nitrogens with zero attached hydrogens (tertiary/aromatic N) is 2. The number of nitrogens with one attached hydrogen (secondary N) is 3. The van der Waals surface area contributed by atoms with Crippen LogP contribution in [-0.2, 0) is 14.8 Å². The van der Waals surface area contributed by atoms with E-state index in [0.29, 0.717) is 37.2 Å². The van der Waals surface area contributed by atoms with Crippen LogP contribution in [0.1, 0.15) is 40.2 Å². The number of amides is 2. The highest BCUT2D eigenvalue weighted by atomic mass is 32.2. The maximum absolute atomic E-state index is 13.7. The maximum atomic E-state index is 13.7. The normalized spacial score (nSPS) is 14.9. The number of likely N-dealkylation sites (tertiary alicyclic amines) is 1. The Hall–Kier alpha value is -3.94. The van der Waals surface area contributed by atoms with Crippen LogP contribution in [0.15, 0.2) is 59.8 Å². The Balaban J connectivity index is 1.63. The molecular formula is C28H31F2N5O5S. The summed E-state index contributed by atoms with van der Waals surface area (Å²) in [6.07, 6.45) is 2.45. The molecule has 0 radical (unpaired) electrons. The van der Waals surface area contributed by atoms with E-state index in [0.717, 1.165) is 17.8 Å². The monoisotopic (exact) mass is 587 g/mol. The number of likely N-dealkylation sites (N-methyl/N-ethyl adjacent to an activating group) is 1. The Bertz CT molecular complexity index is 1530. The van der Waals surface area contributed by atoms with Gasteiger partial charge >= 0.3 is 0 Å². The predicted octanol–water partition coefficient (Wildman–Crippen LogP) is 2.82. The molecule has 1 aliphatic rings. The molecule has 41 heavy (non-hydrogen) atoms. The minimum atomic E-state index is -4.40. The summed E-state index contributed by atoms with van der Waals surface area (Å²) in [5.74, 6) is -1.73. The number of carbonyl (C=O) groups excluding carboxylic acids is 2. The minimum Gasteiger partial charge on any atom is -0.394 e. The molecule has 13 heteroatoms. The Kier molecular flexibility index (Phi) is 9.31. The second kappa shape index (κ2) is 12.7. The van der Waals surface area contributed by atoms with Gasteiger partial charge in [-0.15, -0.1) is 0 Å². The highest BCUT2D eigenvalue weighted by Crippen LogP contribution is 2.31. The van der Waals surface area contributed by atoms with Crippen molar-refractivity contribution in [3.8, 4) is 0 Å². The van der Waals surface area contributed by atoms with Gasteiger partial charge in [0, 0.05) is 38.1 Å². The number of aryl methyl sites for hydroxylation is 1. The van der Waals surface area contributed by atoms with Gasteiger partial charge < -0.3 is 20.6 Å². The van der Waals surface area contributed by atoms with Crippen LogP contribution in [-0.4, -0.2) is 68.0 Å². The number of aromatic nitrogens is 1. The van der Waals surface area contributed by atoms with E-state index >= 15 is 0 Å². The van der Waals surface area contributed by atoms with Crippen molar-refractivity contribution < 1.29 is 31.9 Å². The third-order valence-corrected chi connectivity index (χ3v) is 8.38. The smallest absolute Gasteiger partial charge is 0.258 e. The summed E-state index contributed by atoms with van der Waals surface area (Å²) < 4.78 is 55.3. The van der Waals surface area contributed by atoms with Crippen LogP contribution in [0.25, 0.3) is 0 Å². The number of benzene rings is 2. The zero-order valence-electron chi connectivity index (χ0n) is 22.5. The average Bonchev–Trinajstić information content (AvgIpc) is 2.97. The van der Waals surface area contributed by atoms with Crippen molar-refractivity contribution in [1.82, 2.24) is 19.9 Å². The summed E-state index contributed by atoms with van der Waals surface area (Å²) in [6.45, 7) is 1.70. The molecule has 4 rings (SSSR count). The summed E-state index contributed by atoms with van der Waals surface area (Å²) >= 11 is 0. The first-order chi connectivity index (χ1) is 19.5. The number of sulfonamides is 1. The molecule has 3 aromatic rings. The van der Waals surface area contributed by atoms with Crippen LogP contribution >= 0.6 is 0 Å². The highest BCUT2D eigenvalue weighted by Gasteiger charge is 2.30. The molecule has 2 aromatic carbocycles. The molecular weight excluding hydrogens is 556 g/mol. The molecule has 2 heterocycles. The lowest BCUT2D eigenvalue weighted by Crippen LogP contribution is -2.48. The number of piperidine rings is 1. The first-order valence-electron chi connectivity index (χ1n) is 12.9. The number of halogens is 2. The largest absolute Gasteiger partial charge is 0.394 e. The van der Waals surface area contributed by atoms with E-state index in [-0.39, 0.29) is 28.9 Å². The van der Waals surface area contributed by atoms with E-state index in [1.807, 2.05) is 0 Å². The number of carbonyl (C=O) groups is 2. The lowest BCUT2D eigenvalue weighted by Gasteiger charge is -2.32. The summed E-state index contributed by atoms with van der Waals surface area (Å²) in [4.78, 5) is 31.2. The molecule has 0 bridgehead atoms. The number of aliphatic hydroxyl groups is 1. The number of anilines is 2. The fourth-order valence-electron chi connectivity index (χ4n) is 4.69. The van der Waals surface area contributed by atoms with Gasteiger partial charge in [-0.2, -0.15) is 4.72 Å². The van der Waals surface area contributed by atoms with Crippen LogP contribution in [0.3, 0.4) is 0 Å². The van der Waals surface area contributed by atoms with Crippen molar-refractivity contribution in [2.24, 2.45) is 0 Å². The van der Waals surface area contributed by atoms with Gasteiger partial charge in [0.2, 0.25) is 5.91 Å². The SMILES string of the molecule is CNC(=O)C(CO)NS(=O)(=O)c1cc(Nc2ccc(F)cc2C)c(C(=O)N2CCC(c3ccc(F)cc3)CC2)cn1. The van der Waals surface area contributed by atoms with Crippen molar-refractivity contribution in [1.29, 1.82) is 0 Å². The first kappa shape index (κ1) is 30.0. The van der Waals surface area contributed by atoms with Crippen molar-refractivity contribution in [3.05, 3.63) is 83.1 Å². The summed E-state index contributed by atoms with van der Waals surface area (Å²) in [5, 5.41) is 14.3. The van der Waals surface area contributed by atoms with Crippen LogP contribution in [0.5, 0.6) is 0 Å². The number of pyridine rings is 1. The van der Waals surface area contributed by atoms with Crippen LogP contribution in [0.4, 0.5) is 20.2 Å². The Morgan fingerprint density at radius 1 is 1.05 bits per heavy atom. The molecule has 4 N–H and O–H groups in total. The maximum Gasteiger partial charge on any atom is 0.258 e. The standard InChI is InChI=1S/C28H31F2N5O5S/c1-17-13-21(30)7-8-23(17)33-24-14-26(41(39,40)34-25(16-36)27(37)31-2)32-15-22(24)28(38)35-11-9-19(10-12-35)18-3-5-20(29)6-4-18/h3-8,13-15,19,25,34,36H,9-12,16H2,1-2H3,(H,31,37)(H,32,33). The van der Waals surface area contributed by atoms with Crippen molar-refractivity contribution >= 4 is 33.2 Å². The second-order valence-electron chi connectivity index (χ2n) is 9.74. The molecule has 0 saturated carbocycles. The Morgan fingerprint density at radius 2 is 1.71 bits per heavy atom. The lowest BCUT2D eigenvalue weighted by atomic mass is 9.89. The van der Waals surface area contributed by atoms with E-state index in [2.05, 4.69) is 20.3 Å². The fourth-order valence-corrected chi connectivity index (χ4v) is 5.83.